The highest BCUT2D eigenvalue weighted by molar-refractivity contribution is 5.25. The molecule has 3 rings (SSSR count). The number of nitrogens with one attached hydrogen (secondary N) is 1. The Morgan fingerprint density at radius 1 is 1.19 bits per heavy atom. The van der Waals surface area contributed by atoms with E-state index in [0.717, 1.165) is 32.7 Å². The molecule has 2 bridgehead atoms. The first kappa shape index (κ1) is 15.0. The first-order chi connectivity index (χ1) is 10.2. The Hall–Kier alpha value is -0.900. The maximum atomic E-state index is 5.90. The lowest BCUT2D eigenvalue weighted by Crippen LogP contribution is -2.41. The van der Waals surface area contributed by atoms with Gasteiger partial charge in [-0.2, -0.15) is 0 Å². The summed E-state index contributed by atoms with van der Waals surface area (Å²) in [5, 5.41) is 3.42. The van der Waals surface area contributed by atoms with Crippen molar-refractivity contribution in [1.29, 1.82) is 0 Å². The summed E-state index contributed by atoms with van der Waals surface area (Å²) in [5.74, 6) is 0.582. The van der Waals surface area contributed by atoms with Gasteiger partial charge in [-0.25, -0.2) is 0 Å². The summed E-state index contributed by atoms with van der Waals surface area (Å²) in [6.07, 6.45) is 3.48. The molecule has 1 aromatic rings. The summed E-state index contributed by atoms with van der Waals surface area (Å²) in [5.41, 5.74) is 2.86. The highest BCUT2D eigenvalue weighted by Crippen LogP contribution is 2.27. The summed E-state index contributed by atoms with van der Waals surface area (Å²) >= 11 is 0. The van der Waals surface area contributed by atoms with Gasteiger partial charge in [0.1, 0.15) is 0 Å². The Morgan fingerprint density at radius 3 is 2.48 bits per heavy atom. The number of morpholine rings is 1. The Labute approximate surface area is 128 Å². The molecule has 0 radical (unpaired) electrons. The van der Waals surface area contributed by atoms with Crippen LogP contribution in [-0.2, 0) is 11.3 Å². The predicted octanol–water partition coefficient (Wildman–Crippen LogP) is 2.76. The van der Waals surface area contributed by atoms with Crippen LogP contribution < -0.4 is 5.32 Å². The molecule has 3 atom stereocenters. The van der Waals surface area contributed by atoms with Crippen molar-refractivity contribution >= 4 is 0 Å². The average Bonchev–Trinajstić information content (AvgIpc) is 2.84. The third-order valence-electron chi connectivity index (χ3n) is 4.77. The smallest absolute Gasteiger partial charge is 0.0707 e. The van der Waals surface area contributed by atoms with Crippen molar-refractivity contribution in [2.45, 2.75) is 51.4 Å². The molecule has 3 heteroatoms. The molecule has 3 nitrogen and oxygen atoms in total. The summed E-state index contributed by atoms with van der Waals surface area (Å²) in [4.78, 5) is 2.56. The van der Waals surface area contributed by atoms with Crippen LogP contribution in [-0.4, -0.2) is 43.3 Å². The highest BCUT2D eigenvalue weighted by Gasteiger charge is 2.33. The van der Waals surface area contributed by atoms with Crippen molar-refractivity contribution in [1.82, 2.24) is 10.2 Å². The molecule has 2 fully saturated rings. The Balaban J connectivity index is 1.54. The van der Waals surface area contributed by atoms with Crippen LogP contribution in [0.5, 0.6) is 0 Å². The SMILES string of the molecule is CCNCC(C)c1ccc(CN2CC3CCC(C2)O3)cc1. The van der Waals surface area contributed by atoms with E-state index in [9.17, 15) is 0 Å². The molecule has 2 saturated heterocycles. The van der Waals surface area contributed by atoms with Crippen LogP contribution >= 0.6 is 0 Å². The van der Waals surface area contributed by atoms with Crippen molar-refractivity contribution in [2.75, 3.05) is 26.2 Å². The second-order valence-corrected chi connectivity index (χ2v) is 6.60. The van der Waals surface area contributed by atoms with Crippen molar-refractivity contribution in [3.8, 4) is 0 Å². The number of hydrogen-bond acceptors (Lipinski definition) is 3. The average molecular weight is 288 g/mol. The van der Waals surface area contributed by atoms with E-state index < -0.39 is 0 Å². The van der Waals surface area contributed by atoms with E-state index in [4.69, 9.17) is 4.74 Å². The number of benzene rings is 1. The zero-order valence-corrected chi connectivity index (χ0v) is 13.3. The van der Waals surface area contributed by atoms with Crippen LogP contribution in [0.15, 0.2) is 24.3 Å². The first-order valence-electron chi connectivity index (χ1n) is 8.42. The minimum atomic E-state index is 0.489. The van der Waals surface area contributed by atoms with E-state index in [-0.39, 0.29) is 0 Å². The Morgan fingerprint density at radius 2 is 1.86 bits per heavy atom. The zero-order valence-electron chi connectivity index (χ0n) is 13.3. The molecule has 21 heavy (non-hydrogen) atoms. The van der Waals surface area contributed by atoms with Crippen LogP contribution in [0.2, 0.25) is 0 Å². The van der Waals surface area contributed by atoms with Gasteiger partial charge in [0.25, 0.3) is 0 Å². The van der Waals surface area contributed by atoms with E-state index in [1.807, 2.05) is 0 Å². The largest absolute Gasteiger partial charge is 0.372 e. The Kier molecular flexibility index (Phi) is 4.94. The summed E-state index contributed by atoms with van der Waals surface area (Å²) in [7, 11) is 0. The molecular weight excluding hydrogens is 260 g/mol. The third kappa shape index (κ3) is 3.85. The lowest BCUT2D eigenvalue weighted by Gasteiger charge is -2.32. The van der Waals surface area contributed by atoms with Crippen LogP contribution in [0.3, 0.4) is 0 Å². The number of ether oxygens (including phenoxy) is 1. The highest BCUT2D eigenvalue weighted by atomic mass is 16.5. The zero-order chi connectivity index (χ0) is 14.7. The number of likely N-dealkylation sites (N-methyl/N-ethyl adjacent to an activating group) is 1. The van der Waals surface area contributed by atoms with Crippen molar-refractivity contribution in [3.05, 3.63) is 35.4 Å². The van der Waals surface area contributed by atoms with E-state index in [0.29, 0.717) is 18.1 Å². The molecule has 2 aliphatic heterocycles. The van der Waals surface area contributed by atoms with Crippen LogP contribution in [0, 0.1) is 0 Å². The molecule has 0 aliphatic carbocycles. The van der Waals surface area contributed by atoms with Gasteiger partial charge < -0.3 is 10.1 Å². The molecule has 0 aromatic heterocycles. The normalized spacial score (nSPS) is 27.0. The van der Waals surface area contributed by atoms with Gasteiger partial charge in [-0.3, -0.25) is 4.90 Å². The molecule has 0 spiro atoms. The molecule has 116 valence electrons. The molecular formula is C18H28N2O. The minimum absolute atomic E-state index is 0.489. The maximum absolute atomic E-state index is 5.90. The van der Waals surface area contributed by atoms with Gasteiger partial charge in [0.2, 0.25) is 0 Å². The number of nitrogens with zero attached hydrogens (tertiary/aromatic N) is 1. The Bertz CT molecular complexity index is 433. The van der Waals surface area contributed by atoms with Crippen molar-refractivity contribution in [3.63, 3.8) is 0 Å². The number of fused-ring (bicyclic) bond motifs is 2. The molecule has 0 amide bonds. The first-order valence-corrected chi connectivity index (χ1v) is 8.42. The van der Waals surface area contributed by atoms with Gasteiger partial charge in [0.05, 0.1) is 12.2 Å². The van der Waals surface area contributed by atoms with Gasteiger partial charge in [0, 0.05) is 26.2 Å². The van der Waals surface area contributed by atoms with Gasteiger partial charge in [-0.15, -0.1) is 0 Å². The second kappa shape index (κ2) is 6.91. The molecule has 2 heterocycles. The summed E-state index contributed by atoms with van der Waals surface area (Å²) in [6, 6.07) is 9.20. The van der Waals surface area contributed by atoms with E-state index in [1.165, 1.54) is 24.0 Å². The fourth-order valence-electron chi connectivity index (χ4n) is 3.52. The van der Waals surface area contributed by atoms with Crippen molar-refractivity contribution < 1.29 is 4.74 Å². The van der Waals surface area contributed by atoms with Crippen LogP contribution in [0.1, 0.15) is 43.7 Å². The summed E-state index contributed by atoms with van der Waals surface area (Å²) < 4.78 is 5.90. The maximum Gasteiger partial charge on any atom is 0.0707 e. The number of rotatable bonds is 6. The van der Waals surface area contributed by atoms with E-state index >= 15 is 0 Å². The number of hydrogen-bond donors (Lipinski definition) is 1. The molecule has 0 saturated carbocycles. The predicted molar refractivity (Wildman–Crippen MR) is 86.6 cm³/mol. The monoisotopic (exact) mass is 288 g/mol. The van der Waals surface area contributed by atoms with Crippen molar-refractivity contribution in [2.24, 2.45) is 0 Å². The van der Waals surface area contributed by atoms with Gasteiger partial charge in [-0.1, -0.05) is 38.1 Å². The topological polar surface area (TPSA) is 24.5 Å². The molecule has 2 aliphatic rings. The lowest BCUT2D eigenvalue weighted by atomic mass is 9.99. The standard InChI is InChI=1S/C18H28N2O/c1-3-19-10-14(2)16-6-4-15(5-7-16)11-20-12-17-8-9-18(13-20)21-17/h4-7,14,17-19H,3,8-13H2,1-2H3. The molecule has 1 aromatic carbocycles. The van der Waals surface area contributed by atoms with Gasteiger partial charge in [0.15, 0.2) is 0 Å². The molecule has 3 unspecified atom stereocenters. The fraction of sp³-hybridized carbons (Fsp3) is 0.667. The quantitative estimate of drug-likeness (QED) is 0.871. The third-order valence-corrected chi connectivity index (χ3v) is 4.77. The van der Waals surface area contributed by atoms with Gasteiger partial charge in [-0.05, 0) is 36.4 Å². The minimum Gasteiger partial charge on any atom is -0.372 e. The second-order valence-electron chi connectivity index (χ2n) is 6.60. The lowest BCUT2D eigenvalue weighted by molar-refractivity contribution is -0.0410. The fourth-order valence-corrected chi connectivity index (χ4v) is 3.52. The molecule has 1 N–H and O–H groups in total. The van der Waals surface area contributed by atoms with E-state index in [2.05, 4.69) is 48.3 Å². The number of likely N-dealkylation sites (tertiary alicyclic amines) is 1. The van der Waals surface area contributed by atoms with Crippen LogP contribution in [0.4, 0.5) is 0 Å². The van der Waals surface area contributed by atoms with Crippen LogP contribution in [0.25, 0.3) is 0 Å². The van der Waals surface area contributed by atoms with Gasteiger partial charge >= 0.3 is 0 Å². The summed E-state index contributed by atoms with van der Waals surface area (Å²) in [6.45, 7) is 9.83. The van der Waals surface area contributed by atoms with E-state index in [1.54, 1.807) is 0 Å².